The van der Waals surface area contributed by atoms with Gasteiger partial charge in [0.25, 0.3) is 0 Å². The molecule has 2 aromatic carbocycles. The molecule has 0 amide bonds. The van der Waals surface area contributed by atoms with Crippen molar-refractivity contribution in [2.24, 2.45) is 0 Å². The molecule has 10 nitrogen and oxygen atoms in total. The Kier molecular flexibility index (Phi) is 9.98. The molecule has 0 spiro atoms. The zero-order valence-electron chi connectivity index (χ0n) is 25.1. The molecule has 11 heteroatoms. The topological polar surface area (TPSA) is 105 Å². The second-order valence-electron chi connectivity index (χ2n) is 11.7. The lowest BCUT2D eigenvalue weighted by Gasteiger charge is -2.34. The number of rotatable bonds is 11. The molecule has 6 rings (SSSR count). The summed E-state index contributed by atoms with van der Waals surface area (Å²) in [5.41, 5.74) is 3.78. The maximum atomic E-state index is 13.5. The SMILES string of the molecule is O=C(COC1CCCCO1)c1cnc(N2CCN(S(=O)(=O)c3ccc(-c4cccc(CCN5CCCC5)c4)cc3)CC2)nc1. The first-order valence-electron chi connectivity index (χ1n) is 15.7. The Labute approximate surface area is 260 Å². The monoisotopic (exact) mass is 619 g/mol. The molecule has 1 atom stereocenters. The van der Waals surface area contributed by atoms with E-state index < -0.39 is 10.0 Å². The van der Waals surface area contributed by atoms with Crippen LogP contribution < -0.4 is 4.90 Å². The van der Waals surface area contributed by atoms with E-state index in [1.165, 1.54) is 48.2 Å². The molecule has 1 unspecified atom stereocenters. The first-order chi connectivity index (χ1) is 21.5. The van der Waals surface area contributed by atoms with E-state index in [1.54, 1.807) is 12.1 Å². The van der Waals surface area contributed by atoms with Crippen LogP contribution in [-0.4, -0.2) is 98.7 Å². The number of likely N-dealkylation sites (tertiary alicyclic amines) is 1. The number of nitrogens with zero attached hydrogens (tertiary/aromatic N) is 5. The molecule has 0 aliphatic carbocycles. The van der Waals surface area contributed by atoms with Crippen LogP contribution in [0, 0.1) is 0 Å². The Hall–Kier alpha value is -3.22. The third-order valence-electron chi connectivity index (χ3n) is 8.69. The van der Waals surface area contributed by atoms with Gasteiger partial charge in [-0.05, 0) is 80.4 Å². The van der Waals surface area contributed by atoms with Crippen LogP contribution in [0.1, 0.15) is 48.0 Å². The number of aromatic nitrogens is 2. The van der Waals surface area contributed by atoms with Crippen LogP contribution in [0.15, 0.2) is 65.8 Å². The molecule has 0 N–H and O–H groups in total. The van der Waals surface area contributed by atoms with E-state index >= 15 is 0 Å². The molecule has 3 saturated heterocycles. The number of hydrogen-bond donors (Lipinski definition) is 0. The van der Waals surface area contributed by atoms with Crippen molar-refractivity contribution >= 4 is 21.8 Å². The van der Waals surface area contributed by atoms with Crippen molar-refractivity contribution in [1.29, 1.82) is 0 Å². The van der Waals surface area contributed by atoms with Gasteiger partial charge in [0.1, 0.15) is 6.61 Å². The standard InChI is InChI=1S/C33H41N5O5S/c39-31(25-43-32-8-1-4-21-42-32)29-23-34-33(35-24-29)37-17-19-38(20-18-37)44(40,41)30-11-9-27(10-12-30)28-7-5-6-26(22-28)13-16-36-14-2-3-15-36/h5-7,9-12,22-24,32H,1-4,8,13-21,25H2. The van der Waals surface area contributed by atoms with Crippen LogP contribution in [0.4, 0.5) is 5.95 Å². The van der Waals surface area contributed by atoms with Gasteiger partial charge in [0.2, 0.25) is 16.0 Å². The van der Waals surface area contributed by atoms with E-state index in [4.69, 9.17) is 9.47 Å². The van der Waals surface area contributed by atoms with Gasteiger partial charge in [-0.3, -0.25) is 4.79 Å². The number of sulfonamides is 1. The first-order valence-corrected chi connectivity index (χ1v) is 17.1. The average molecular weight is 620 g/mol. The number of benzene rings is 2. The van der Waals surface area contributed by atoms with Crippen molar-refractivity contribution in [2.75, 3.05) is 63.9 Å². The van der Waals surface area contributed by atoms with Crippen LogP contribution in [0.25, 0.3) is 11.1 Å². The Morgan fingerprint density at radius 3 is 2.34 bits per heavy atom. The Balaban J connectivity index is 1.01. The summed E-state index contributed by atoms with van der Waals surface area (Å²) in [6.07, 6.45) is 9.14. The maximum Gasteiger partial charge on any atom is 0.243 e. The molecule has 3 fully saturated rings. The zero-order chi connectivity index (χ0) is 30.4. The third-order valence-corrected chi connectivity index (χ3v) is 10.6. The van der Waals surface area contributed by atoms with E-state index in [1.807, 2.05) is 17.0 Å². The van der Waals surface area contributed by atoms with E-state index in [0.29, 0.717) is 49.2 Å². The molecule has 0 radical (unpaired) electrons. The van der Waals surface area contributed by atoms with E-state index in [0.717, 1.165) is 43.4 Å². The van der Waals surface area contributed by atoms with Gasteiger partial charge in [0.15, 0.2) is 12.1 Å². The minimum atomic E-state index is -3.64. The van der Waals surface area contributed by atoms with Crippen LogP contribution >= 0.6 is 0 Å². The summed E-state index contributed by atoms with van der Waals surface area (Å²) in [7, 11) is -3.64. The van der Waals surface area contributed by atoms with Crippen LogP contribution in [0.3, 0.4) is 0 Å². The first kappa shape index (κ1) is 30.8. The van der Waals surface area contributed by atoms with Gasteiger partial charge in [-0.25, -0.2) is 18.4 Å². The lowest BCUT2D eigenvalue weighted by molar-refractivity contribution is -0.155. The zero-order valence-corrected chi connectivity index (χ0v) is 26.0. The average Bonchev–Trinajstić information content (AvgIpc) is 3.61. The second kappa shape index (κ2) is 14.3. The largest absolute Gasteiger partial charge is 0.353 e. The minimum absolute atomic E-state index is 0.0733. The second-order valence-corrected chi connectivity index (χ2v) is 13.7. The van der Waals surface area contributed by atoms with E-state index in [-0.39, 0.29) is 18.7 Å². The van der Waals surface area contributed by atoms with Gasteiger partial charge in [-0.15, -0.1) is 0 Å². The van der Waals surface area contributed by atoms with E-state index in [2.05, 4.69) is 39.1 Å². The summed E-state index contributed by atoms with van der Waals surface area (Å²) in [5, 5.41) is 0. The predicted octanol–water partition coefficient (Wildman–Crippen LogP) is 4.02. The summed E-state index contributed by atoms with van der Waals surface area (Å²) >= 11 is 0. The van der Waals surface area contributed by atoms with E-state index in [9.17, 15) is 13.2 Å². The molecule has 234 valence electrons. The van der Waals surface area contributed by atoms with Gasteiger partial charge in [-0.2, -0.15) is 4.31 Å². The van der Waals surface area contributed by atoms with Crippen LogP contribution in [0.2, 0.25) is 0 Å². The number of anilines is 1. The highest BCUT2D eigenvalue weighted by molar-refractivity contribution is 7.89. The van der Waals surface area contributed by atoms with Crippen molar-refractivity contribution < 1.29 is 22.7 Å². The summed E-state index contributed by atoms with van der Waals surface area (Å²) < 4.78 is 39.5. The Morgan fingerprint density at radius 2 is 1.64 bits per heavy atom. The molecule has 0 bridgehead atoms. The molecule has 0 saturated carbocycles. The Bertz CT molecular complexity index is 1500. The number of carbonyl (C=O) groups excluding carboxylic acids is 1. The third kappa shape index (κ3) is 7.52. The lowest BCUT2D eigenvalue weighted by Crippen LogP contribution is -2.49. The highest BCUT2D eigenvalue weighted by Crippen LogP contribution is 2.25. The highest BCUT2D eigenvalue weighted by Gasteiger charge is 2.29. The van der Waals surface area contributed by atoms with Gasteiger partial charge in [0, 0.05) is 51.7 Å². The molecule has 3 aliphatic heterocycles. The number of hydrogen-bond acceptors (Lipinski definition) is 9. The number of ketones is 1. The predicted molar refractivity (Wildman–Crippen MR) is 168 cm³/mol. The molecule has 1 aromatic heterocycles. The van der Waals surface area contributed by atoms with Gasteiger partial charge < -0.3 is 19.3 Å². The van der Waals surface area contributed by atoms with Crippen molar-refractivity contribution in [3.8, 4) is 11.1 Å². The van der Waals surface area contributed by atoms with Crippen molar-refractivity contribution in [2.45, 2.75) is 49.7 Å². The molecule has 3 aromatic rings. The number of ether oxygens (including phenoxy) is 2. The fourth-order valence-corrected chi connectivity index (χ4v) is 7.44. The lowest BCUT2D eigenvalue weighted by atomic mass is 10.0. The van der Waals surface area contributed by atoms with Gasteiger partial charge >= 0.3 is 0 Å². The molecule has 44 heavy (non-hydrogen) atoms. The summed E-state index contributed by atoms with van der Waals surface area (Å²) in [6.45, 7) is 5.61. The summed E-state index contributed by atoms with van der Waals surface area (Å²) in [4.78, 5) is 26.0. The van der Waals surface area contributed by atoms with Crippen molar-refractivity contribution in [3.63, 3.8) is 0 Å². The number of carbonyl (C=O) groups is 1. The normalized spacial score (nSPS) is 20.2. The van der Waals surface area contributed by atoms with Crippen molar-refractivity contribution in [3.05, 3.63) is 72.1 Å². The Morgan fingerprint density at radius 1 is 0.886 bits per heavy atom. The van der Waals surface area contributed by atoms with Gasteiger partial charge in [-0.1, -0.05) is 36.4 Å². The quantitative estimate of drug-likeness (QED) is 0.294. The van der Waals surface area contributed by atoms with Gasteiger partial charge in [0.05, 0.1) is 10.5 Å². The molecule has 3 aliphatic rings. The van der Waals surface area contributed by atoms with Crippen LogP contribution in [-0.2, 0) is 25.9 Å². The summed E-state index contributed by atoms with van der Waals surface area (Å²) in [6, 6.07) is 15.7. The minimum Gasteiger partial charge on any atom is -0.353 e. The number of Topliss-reactive ketones (excluding diaryl/α,β-unsaturated/α-hetero) is 1. The number of piperazine rings is 1. The molecular formula is C33H41N5O5S. The highest BCUT2D eigenvalue weighted by atomic mass is 32.2. The smallest absolute Gasteiger partial charge is 0.243 e. The maximum absolute atomic E-state index is 13.5. The van der Waals surface area contributed by atoms with Crippen LogP contribution in [0.5, 0.6) is 0 Å². The summed E-state index contributed by atoms with van der Waals surface area (Å²) in [5.74, 6) is 0.278. The fourth-order valence-electron chi connectivity index (χ4n) is 6.02. The fraction of sp³-hybridized carbons (Fsp3) is 0.485. The molecule has 4 heterocycles. The van der Waals surface area contributed by atoms with Crippen molar-refractivity contribution in [1.82, 2.24) is 19.2 Å². The molecular weight excluding hydrogens is 578 g/mol.